The molecule has 4 rings (SSSR count). The molecule has 2 heterocycles. The van der Waals surface area contributed by atoms with Gasteiger partial charge in [0.1, 0.15) is 0 Å². The number of carbonyl (C=O) groups excluding carboxylic acids is 1. The third-order valence-electron chi connectivity index (χ3n) is 6.55. The standard InChI is InChI=1S/C25H32N2O4/c1-29-22-13-19(14-23(30-2)25(22)31-3)16-27-21-11-12-26(15-18-7-5-4-6-8-18)17-20(21)9-10-24(27)28/h4-8,13-14,20-21H,9-12,15-17H2,1-3H3/t20-,21+/m0/s1. The summed E-state index contributed by atoms with van der Waals surface area (Å²) < 4.78 is 16.4. The first-order valence-electron chi connectivity index (χ1n) is 11.0. The van der Waals surface area contributed by atoms with Gasteiger partial charge < -0.3 is 19.1 Å². The first-order chi connectivity index (χ1) is 15.1. The number of nitrogens with zero attached hydrogens (tertiary/aromatic N) is 2. The molecule has 0 radical (unpaired) electrons. The smallest absolute Gasteiger partial charge is 0.223 e. The average Bonchev–Trinajstić information content (AvgIpc) is 2.80. The first kappa shape index (κ1) is 21.5. The fourth-order valence-electron chi connectivity index (χ4n) is 5.04. The number of likely N-dealkylation sites (tertiary alicyclic amines) is 2. The Labute approximate surface area is 184 Å². The van der Waals surface area contributed by atoms with Crippen LogP contribution in [0.25, 0.3) is 0 Å². The second-order valence-electron chi connectivity index (χ2n) is 8.43. The van der Waals surface area contributed by atoms with Gasteiger partial charge in [-0.05, 0) is 42.0 Å². The van der Waals surface area contributed by atoms with E-state index < -0.39 is 0 Å². The Bertz CT molecular complexity index is 877. The van der Waals surface area contributed by atoms with Crippen molar-refractivity contribution in [3.05, 3.63) is 53.6 Å². The molecule has 0 saturated carbocycles. The molecule has 2 aliphatic heterocycles. The van der Waals surface area contributed by atoms with Crippen molar-refractivity contribution in [2.45, 2.75) is 38.4 Å². The van der Waals surface area contributed by atoms with Crippen molar-refractivity contribution in [1.29, 1.82) is 0 Å². The summed E-state index contributed by atoms with van der Waals surface area (Å²) in [4.78, 5) is 17.5. The maximum Gasteiger partial charge on any atom is 0.223 e. The molecule has 2 saturated heterocycles. The van der Waals surface area contributed by atoms with Gasteiger partial charge >= 0.3 is 0 Å². The van der Waals surface area contributed by atoms with Crippen LogP contribution in [0.15, 0.2) is 42.5 Å². The Morgan fingerprint density at radius 1 is 0.903 bits per heavy atom. The maximum absolute atomic E-state index is 12.9. The van der Waals surface area contributed by atoms with Gasteiger partial charge in [-0.15, -0.1) is 0 Å². The molecule has 2 aromatic rings. The monoisotopic (exact) mass is 424 g/mol. The van der Waals surface area contributed by atoms with E-state index in [0.717, 1.165) is 38.0 Å². The van der Waals surface area contributed by atoms with Crippen LogP contribution in [-0.2, 0) is 17.9 Å². The Morgan fingerprint density at radius 2 is 1.61 bits per heavy atom. The average molecular weight is 425 g/mol. The van der Waals surface area contributed by atoms with Crippen LogP contribution in [0, 0.1) is 5.92 Å². The number of amides is 1. The molecule has 166 valence electrons. The van der Waals surface area contributed by atoms with Crippen LogP contribution in [0.4, 0.5) is 0 Å². The number of rotatable bonds is 7. The van der Waals surface area contributed by atoms with Crippen LogP contribution in [0.2, 0.25) is 0 Å². The molecule has 0 aliphatic carbocycles. The lowest BCUT2D eigenvalue weighted by molar-refractivity contribution is -0.142. The van der Waals surface area contributed by atoms with E-state index in [9.17, 15) is 4.79 Å². The fraction of sp³-hybridized carbons (Fsp3) is 0.480. The van der Waals surface area contributed by atoms with Crippen molar-refractivity contribution in [2.75, 3.05) is 34.4 Å². The van der Waals surface area contributed by atoms with E-state index in [-0.39, 0.29) is 11.9 Å². The molecule has 0 aromatic heterocycles. The van der Waals surface area contributed by atoms with Gasteiger partial charge in [-0.25, -0.2) is 0 Å². The van der Waals surface area contributed by atoms with Crippen LogP contribution in [0.5, 0.6) is 17.2 Å². The summed E-state index contributed by atoms with van der Waals surface area (Å²) in [6, 6.07) is 14.8. The second kappa shape index (κ2) is 9.60. The van der Waals surface area contributed by atoms with Crippen molar-refractivity contribution in [3.8, 4) is 17.2 Å². The van der Waals surface area contributed by atoms with Gasteiger partial charge in [-0.2, -0.15) is 0 Å². The zero-order valence-corrected chi connectivity index (χ0v) is 18.7. The van der Waals surface area contributed by atoms with Crippen LogP contribution < -0.4 is 14.2 Å². The van der Waals surface area contributed by atoms with Gasteiger partial charge in [-0.1, -0.05) is 30.3 Å². The molecule has 6 nitrogen and oxygen atoms in total. The van der Waals surface area contributed by atoms with Gasteiger partial charge in [-0.3, -0.25) is 9.69 Å². The number of hydrogen-bond acceptors (Lipinski definition) is 5. The van der Waals surface area contributed by atoms with Crippen molar-refractivity contribution >= 4 is 5.91 Å². The van der Waals surface area contributed by atoms with Gasteiger partial charge in [0.25, 0.3) is 0 Å². The predicted octanol–water partition coefficient (Wildman–Crippen LogP) is 3.73. The summed E-state index contributed by atoms with van der Waals surface area (Å²) in [6.07, 6.45) is 2.60. The zero-order chi connectivity index (χ0) is 21.8. The summed E-state index contributed by atoms with van der Waals surface area (Å²) in [5, 5.41) is 0. The molecule has 2 atom stereocenters. The Kier molecular flexibility index (Phi) is 6.66. The molecule has 0 bridgehead atoms. The topological polar surface area (TPSA) is 51.2 Å². The van der Waals surface area contributed by atoms with Crippen molar-refractivity contribution in [3.63, 3.8) is 0 Å². The quantitative estimate of drug-likeness (QED) is 0.678. The molecule has 0 unspecified atom stereocenters. The minimum Gasteiger partial charge on any atom is -0.493 e. The van der Waals surface area contributed by atoms with Crippen LogP contribution >= 0.6 is 0 Å². The van der Waals surface area contributed by atoms with Crippen molar-refractivity contribution < 1.29 is 19.0 Å². The molecular formula is C25H32N2O4. The first-order valence-corrected chi connectivity index (χ1v) is 11.0. The van der Waals surface area contributed by atoms with Gasteiger partial charge in [0.2, 0.25) is 11.7 Å². The van der Waals surface area contributed by atoms with Crippen molar-refractivity contribution in [2.24, 2.45) is 5.92 Å². The second-order valence-corrected chi connectivity index (χ2v) is 8.43. The van der Waals surface area contributed by atoms with Crippen molar-refractivity contribution in [1.82, 2.24) is 9.80 Å². The summed E-state index contributed by atoms with van der Waals surface area (Å²) >= 11 is 0. The Balaban J connectivity index is 1.49. The van der Waals surface area contributed by atoms with E-state index >= 15 is 0 Å². The van der Waals surface area contributed by atoms with Crippen LogP contribution in [-0.4, -0.2) is 56.2 Å². The number of piperidine rings is 2. The highest BCUT2D eigenvalue weighted by Crippen LogP contribution is 2.39. The number of hydrogen-bond donors (Lipinski definition) is 0. The molecular weight excluding hydrogens is 392 g/mol. The minimum absolute atomic E-state index is 0.242. The third-order valence-corrected chi connectivity index (χ3v) is 6.55. The largest absolute Gasteiger partial charge is 0.493 e. The van der Waals surface area contributed by atoms with E-state index in [1.54, 1.807) is 21.3 Å². The van der Waals surface area contributed by atoms with Gasteiger partial charge in [0.15, 0.2) is 11.5 Å². The Morgan fingerprint density at radius 3 is 2.26 bits per heavy atom. The Hall–Kier alpha value is -2.73. The molecule has 6 heteroatoms. The molecule has 2 aromatic carbocycles. The summed E-state index contributed by atoms with van der Waals surface area (Å²) in [5.74, 6) is 2.57. The summed E-state index contributed by atoms with van der Waals surface area (Å²) in [5.41, 5.74) is 2.34. The molecule has 2 fully saturated rings. The molecule has 0 spiro atoms. The number of ether oxygens (including phenoxy) is 3. The molecule has 1 amide bonds. The van der Waals surface area contributed by atoms with Gasteiger partial charge in [0.05, 0.1) is 21.3 Å². The highest BCUT2D eigenvalue weighted by atomic mass is 16.5. The lowest BCUT2D eigenvalue weighted by Gasteiger charge is -2.47. The van der Waals surface area contributed by atoms with E-state index in [2.05, 4.69) is 40.1 Å². The summed E-state index contributed by atoms with van der Waals surface area (Å²) in [7, 11) is 4.83. The minimum atomic E-state index is 0.242. The van der Waals surface area contributed by atoms with E-state index in [1.807, 2.05) is 12.1 Å². The fourth-order valence-corrected chi connectivity index (χ4v) is 5.04. The number of benzene rings is 2. The molecule has 2 aliphatic rings. The predicted molar refractivity (Wildman–Crippen MR) is 119 cm³/mol. The van der Waals surface area contributed by atoms with E-state index in [0.29, 0.717) is 36.1 Å². The number of carbonyl (C=O) groups is 1. The maximum atomic E-state index is 12.9. The number of methoxy groups -OCH3 is 3. The third kappa shape index (κ3) is 4.64. The van der Waals surface area contributed by atoms with Crippen LogP contribution in [0.3, 0.4) is 0 Å². The highest BCUT2D eigenvalue weighted by molar-refractivity contribution is 5.77. The SMILES string of the molecule is COc1cc(CN2C(=O)CC[C@H]3CN(Cc4ccccc4)CC[C@H]32)cc(OC)c1OC. The lowest BCUT2D eigenvalue weighted by atomic mass is 9.83. The van der Waals surface area contributed by atoms with E-state index in [1.165, 1.54) is 5.56 Å². The highest BCUT2D eigenvalue weighted by Gasteiger charge is 2.39. The zero-order valence-electron chi connectivity index (χ0n) is 18.7. The van der Waals surface area contributed by atoms with Crippen LogP contribution in [0.1, 0.15) is 30.4 Å². The molecule has 31 heavy (non-hydrogen) atoms. The molecule has 0 N–H and O–H groups in total. The normalized spacial score (nSPS) is 21.5. The number of fused-ring (bicyclic) bond motifs is 1. The van der Waals surface area contributed by atoms with Gasteiger partial charge in [0, 0.05) is 38.6 Å². The van der Waals surface area contributed by atoms with E-state index in [4.69, 9.17) is 14.2 Å². The summed E-state index contributed by atoms with van der Waals surface area (Å²) in [6.45, 7) is 3.59. The lowest BCUT2D eigenvalue weighted by Crippen LogP contribution is -2.55.